The number of aromatic nitrogens is 1. The van der Waals surface area contributed by atoms with Crippen LogP contribution in [0.1, 0.15) is 12.6 Å². The number of nitrogens with zero attached hydrogens (tertiary/aromatic N) is 2. The van der Waals surface area contributed by atoms with Gasteiger partial charge in [0.25, 0.3) is 0 Å². The van der Waals surface area contributed by atoms with Crippen LogP contribution in [0.3, 0.4) is 0 Å². The fourth-order valence-corrected chi connectivity index (χ4v) is 2.09. The predicted octanol–water partition coefficient (Wildman–Crippen LogP) is 3.42. The van der Waals surface area contributed by atoms with E-state index in [1.54, 1.807) is 22.8 Å². The van der Waals surface area contributed by atoms with Crippen molar-refractivity contribution in [3.8, 4) is 17.7 Å². The summed E-state index contributed by atoms with van der Waals surface area (Å²) >= 11 is 6.08. The first-order valence-corrected chi connectivity index (χ1v) is 6.94. The Morgan fingerprint density at radius 3 is 2.81 bits per heavy atom. The molecule has 0 spiro atoms. The van der Waals surface area contributed by atoms with Gasteiger partial charge in [-0.05, 0) is 19.1 Å². The smallest absolute Gasteiger partial charge is 0.224 e. The molecule has 5 nitrogen and oxygen atoms in total. The minimum atomic E-state index is 0.392. The molecule has 110 valence electrons. The molecule has 1 aromatic carbocycles. The maximum Gasteiger partial charge on any atom is 0.224 e. The van der Waals surface area contributed by atoms with E-state index in [1.807, 2.05) is 19.1 Å². The van der Waals surface area contributed by atoms with Gasteiger partial charge in [0.1, 0.15) is 17.5 Å². The summed E-state index contributed by atoms with van der Waals surface area (Å²) in [5, 5.41) is 9.66. The third-order valence-electron chi connectivity index (χ3n) is 2.90. The minimum absolute atomic E-state index is 0.392. The van der Waals surface area contributed by atoms with Gasteiger partial charge in [-0.15, -0.1) is 0 Å². The number of hydrogen-bond donors (Lipinski definition) is 1. The van der Waals surface area contributed by atoms with Crippen LogP contribution in [-0.2, 0) is 11.3 Å². The summed E-state index contributed by atoms with van der Waals surface area (Å²) in [6.45, 7) is 3.47. The normalized spacial score (nSPS) is 10.3. The number of benzene rings is 1. The summed E-state index contributed by atoms with van der Waals surface area (Å²) in [6.07, 6.45) is 0. The number of rotatable bonds is 6. The molecule has 0 aliphatic rings. The van der Waals surface area contributed by atoms with E-state index in [1.165, 1.54) is 0 Å². The monoisotopic (exact) mass is 305 g/mol. The Balaban J connectivity index is 2.32. The van der Waals surface area contributed by atoms with Gasteiger partial charge in [0, 0.05) is 12.7 Å². The van der Waals surface area contributed by atoms with E-state index >= 15 is 0 Å². The lowest BCUT2D eigenvalue weighted by Crippen LogP contribution is -2.09. The second-order valence-electron chi connectivity index (χ2n) is 4.28. The summed E-state index contributed by atoms with van der Waals surface area (Å²) < 4.78 is 12.8. The molecule has 1 aromatic heterocycles. The highest BCUT2D eigenvalue weighted by Crippen LogP contribution is 2.34. The van der Waals surface area contributed by atoms with Crippen LogP contribution >= 0.6 is 11.6 Å². The van der Waals surface area contributed by atoms with Crippen molar-refractivity contribution < 1.29 is 9.47 Å². The van der Waals surface area contributed by atoms with Crippen molar-refractivity contribution in [3.05, 3.63) is 41.0 Å². The van der Waals surface area contributed by atoms with Crippen molar-refractivity contribution in [2.45, 2.75) is 13.5 Å². The average Bonchev–Trinajstić information content (AvgIpc) is 2.78. The third-order valence-corrected chi connectivity index (χ3v) is 3.21. The van der Waals surface area contributed by atoms with E-state index in [9.17, 15) is 5.26 Å². The molecular formula is C15H16ClN3O2. The topological polar surface area (TPSA) is 73.2 Å². The van der Waals surface area contributed by atoms with Crippen LogP contribution in [0.5, 0.6) is 11.6 Å². The van der Waals surface area contributed by atoms with E-state index in [4.69, 9.17) is 26.8 Å². The number of para-hydroxylation sites is 1. The van der Waals surface area contributed by atoms with E-state index in [0.29, 0.717) is 47.8 Å². The highest BCUT2D eigenvalue weighted by Gasteiger charge is 2.16. The molecule has 0 atom stereocenters. The predicted molar refractivity (Wildman–Crippen MR) is 81.6 cm³/mol. The summed E-state index contributed by atoms with van der Waals surface area (Å²) in [7, 11) is 0. The van der Waals surface area contributed by atoms with Gasteiger partial charge in [-0.25, -0.2) is 0 Å². The summed E-state index contributed by atoms with van der Waals surface area (Å²) in [4.78, 5) is 0. The Morgan fingerprint density at radius 1 is 1.38 bits per heavy atom. The molecular weight excluding hydrogens is 290 g/mol. The van der Waals surface area contributed by atoms with Gasteiger partial charge < -0.3 is 15.2 Å². The molecule has 6 heteroatoms. The Kier molecular flexibility index (Phi) is 5.09. The van der Waals surface area contributed by atoms with Gasteiger partial charge in [-0.3, -0.25) is 4.57 Å². The van der Waals surface area contributed by atoms with Crippen molar-refractivity contribution in [3.63, 3.8) is 0 Å². The molecule has 21 heavy (non-hydrogen) atoms. The quantitative estimate of drug-likeness (QED) is 0.830. The number of hydrogen-bond acceptors (Lipinski definition) is 4. The van der Waals surface area contributed by atoms with Gasteiger partial charge in [-0.2, -0.15) is 5.26 Å². The maximum atomic E-state index is 9.18. The van der Waals surface area contributed by atoms with E-state index < -0.39 is 0 Å². The molecule has 1 heterocycles. The van der Waals surface area contributed by atoms with Crippen LogP contribution in [0.25, 0.3) is 0 Å². The molecule has 0 aliphatic heterocycles. The molecule has 0 amide bonds. The number of anilines is 1. The molecule has 0 radical (unpaired) electrons. The lowest BCUT2D eigenvalue weighted by Gasteiger charge is -2.13. The van der Waals surface area contributed by atoms with Crippen LogP contribution < -0.4 is 10.5 Å². The number of nitrogens with two attached hydrogens (primary N) is 1. The van der Waals surface area contributed by atoms with Crippen molar-refractivity contribution in [2.75, 3.05) is 18.9 Å². The standard InChI is InChI=1S/C15H16ClN3O2/c1-2-20-8-7-19-11(10-17)9-13(18)15(19)21-14-6-4-3-5-12(14)16/h3-6,9H,2,7-8,18H2,1H3. The number of nitrogen functional groups attached to an aromatic ring is 1. The number of ether oxygens (including phenoxy) is 2. The molecule has 2 aromatic rings. The maximum absolute atomic E-state index is 9.18. The third kappa shape index (κ3) is 3.48. The second kappa shape index (κ2) is 7.02. The van der Waals surface area contributed by atoms with Crippen molar-refractivity contribution in [1.29, 1.82) is 5.26 Å². The van der Waals surface area contributed by atoms with Crippen LogP contribution in [0.2, 0.25) is 5.02 Å². The fourth-order valence-electron chi connectivity index (χ4n) is 1.91. The number of nitriles is 1. The molecule has 0 saturated heterocycles. The van der Waals surface area contributed by atoms with Crippen LogP contribution in [0.4, 0.5) is 5.69 Å². The first kappa shape index (κ1) is 15.2. The van der Waals surface area contributed by atoms with Crippen molar-refractivity contribution in [2.24, 2.45) is 0 Å². The van der Waals surface area contributed by atoms with Crippen LogP contribution in [0, 0.1) is 11.3 Å². The highest BCUT2D eigenvalue weighted by molar-refractivity contribution is 6.32. The Hall–Kier alpha value is -2.16. The SMILES string of the molecule is CCOCCn1c(C#N)cc(N)c1Oc1ccccc1Cl. The minimum Gasteiger partial charge on any atom is -0.437 e. The van der Waals surface area contributed by atoms with Gasteiger partial charge in [0.15, 0.2) is 0 Å². The molecule has 0 bridgehead atoms. The molecule has 0 fully saturated rings. The van der Waals surface area contributed by atoms with E-state index in [2.05, 4.69) is 6.07 Å². The average molecular weight is 306 g/mol. The number of halogens is 1. The van der Waals surface area contributed by atoms with E-state index in [-0.39, 0.29) is 0 Å². The summed E-state index contributed by atoms with van der Waals surface area (Å²) in [6, 6.07) is 10.8. The summed E-state index contributed by atoms with van der Waals surface area (Å²) in [5.41, 5.74) is 6.76. The summed E-state index contributed by atoms with van der Waals surface area (Å²) in [5.74, 6) is 0.894. The Bertz CT molecular complexity index is 661. The lowest BCUT2D eigenvalue weighted by molar-refractivity contribution is 0.137. The molecule has 0 unspecified atom stereocenters. The molecule has 2 rings (SSSR count). The molecule has 0 saturated carbocycles. The Labute approximate surface area is 128 Å². The zero-order valence-electron chi connectivity index (χ0n) is 11.7. The highest BCUT2D eigenvalue weighted by atomic mass is 35.5. The molecule has 2 N–H and O–H groups in total. The van der Waals surface area contributed by atoms with Gasteiger partial charge >= 0.3 is 0 Å². The largest absolute Gasteiger partial charge is 0.437 e. The lowest BCUT2D eigenvalue weighted by atomic mass is 10.3. The van der Waals surface area contributed by atoms with Crippen molar-refractivity contribution >= 4 is 17.3 Å². The van der Waals surface area contributed by atoms with Gasteiger partial charge in [-0.1, -0.05) is 23.7 Å². The van der Waals surface area contributed by atoms with Crippen molar-refractivity contribution in [1.82, 2.24) is 4.57 Å². The first-order valence-electron chi connectivity index (χ1n) is 6.56. The second-order valence-corrected chi connectivity index (χ2v) is 4.69. The van der Waals surface area contributed by atoms with Crippen LogP contribution in [0.15, 0.2) is 30.3 Å². The first-order chi connectivity index (χ1) is 10.2. The fraction of sp³-hybridized carbons (Fsp3) is 0.267. The Morgan fingerprint density at radius 2 is 2.14 bits per heavy atom. The van der Waals surface area contributed by atoms with Crippen LogP contribution in [-0.4, -0.2) is 17.8 Å². The van der Waals surface area contributed by atoms with Gasteiger partial charge in [0.05, 0.1) is 23.9 Å². The van der Waals surface area contributed by atoms with E-state index in [0.717, 1.165) is 0 Å². The zero-order valence-corrected chi connectivity index (χ0v) is 12.4. The zero-order chi connectivity index (χ0) is 15.2. The molecule has 0 aliphatic carbocycles. The van der Waals surface area contributed by atoms with Gasteiger partial charge in [0.2, 0.25) is 5.88 Å².